The number of hydrogen-bond donors (Lipinski definition) is 0. The summed E-state index contributed by atoms with van der Waals surface area (Å²) in [6.45, 7) is 4.12. The van der Waals surface area contributed by atoms with Crippen molar-refractivity contribution in [2.45, 2.75) is 25.5 Å². The Hall–Kier alpha value is -1.73. The minimum Gasteiger partial charge on any atom is -0.307 e. The molecular weight excluding hydrogens is 336 g/mol. The summed E-state index contributed by atoms with van der Waals surface area (Å²) in [4.78, 5) is 18.2. The van der Waals surface area contributed by atoms with Gasteiger partial charge < -0.3 is 4.90 Å². The Kier molecular flexibility index (Phi) is 5.90. The van der Waals surface area contributed by atoms with Crippen LogP contribution in [0.5, 0.6) is 0 Å². The summed E-state index contributed by atoms with van der Waals surface area (Å²) in [6.07, 6.45) is 7.06. The van der Waals surface area contributed by atoms with Crippen LogP contribution in [0.4, 0.5) is 5.69 Å². The van der Waals surface area contributed by atoms with Gasteiger partial charge in [0, 0.05) is 29.8 Å². The van der Waals surface area contributed by atoms with Crippen LogP contribution in [-0.2, 0) is 15.6 Å². The van der Waals surface area contributed by atoms with Gasteiger partial charge in [0.05, 0.1) is 18.1 Å². The minimum absolute atomic E-state index is 0.205. The summed E-state index contributed by atoms with van der Waals surface area (Å²) >= 11 is 6.22. The number of aromatic nitrogens is 3. The van der Waals surface area contributed by atoms with E-state index in [2.05, 4.69) is 10.1 Å². The first kappa shape index (κ1) is 17.6. The topological polar surface area (TPSA) is 68.1 Å². The van der Waals surface area contributed by atoms with Crippen LogP contribution in [-0.4, -0.2) is 42.9 Å². The molecule has 8 heteroatoms. The largest absolute Gasteiger partial charge is 0.307 e. The molecule has 2 heterocycles. The zero-order chi connectivity index (χ0) is 17.0. The molecule has 0 radical (unpaired) electrons. The Morgan fingerprint density at radius 1 is 1.48 bits per heavy atom. The summed E-state index contributed by atoms with van der Waals surface area (Å²) in [5.41, 5.74) is 1.25. The number of nitrogens with zero attached hydrogens (tertiary/aromatic N) is 4. The Labute approximate surface area is 142 Å². The lowest BCUT2D eigenvalue weighted by Gasteiger charge is -2.23. The molecule has 0 aliphatic heterocycles. The second-order valence-corrected chi connectivity index (χ2v) is 6.86. The molecule has 2 rings (SSSR count). The van der Waals surface area contributed by atoms with Gasteiger partial charge in [-0.05, 0) is 25.5 Å². The molecule has 23 heavy (non-hydrogen) atoms. The predicted octanol–water partition coefficient (Wildman–Crippen LogP) is 2.43. The normalized spacial score (nSPS) is 13.6. The molecule has 0 bridgehead atoms. The number of rotatable bonds is 6. The molecule has 6 nitrogen and oxygen atoms in total. The van der Waals surface area contributed by atoms with Gasteiger partial charge in [-0.3, -0.25) is 14.0 Å². The molecule has 2 atom stereocenters. The molecular formula is C15H19ClN4O2S. The quantitative estimate of drug-likeness (QED) is 0.799. The molecule has 2 aromatic rings. The zero-order valence-electron chi connectivity index (χ0n) is 13.3. The average molecular weight is 355 g/mol. The number of amides is 1. The predicted molar refractivity (Wildman–Crippen MR) is 92.5 cm³/mol. The van der Waals surface area contributed by atoms with Crippen LogP contribution >= 0.6 is 11.6 Å². The van der Waals surface area contributed by atoms with Crippen LogP contribution in [0.2, 0.25) is 5.15 Å². The van der Waals surface area contributed by atoms with Crippen molar-refractivity contribution in [1.82, 2.24) is 14.8 Å². The van der Waals surface area contributed by atoms with Gasteiger partial charge in [0.1, 0.15) is 10.9 Å². The van der Waals surface area contributed by atoms with Crippen molar-refractivity contribution >= 4 is 34.0 Å². The highest BCUT2D eigenvalue weighted by Crippen LogP contribution is 2.27. The molecule has 0 saturated heterocycles. The molecule has 0 aliphatic carbocycles. The van der Waals surface area contributed by atoms with E-state index in [0.717, 1.165) is 5.69 Å². The van der Waals surface area contributed by atoms with Crippen molar-refractivity contribution in [3.05, 3.63) is 35.9 Å². The number of hydrogen-bond acceptors (Lipinski definition) is 4. The van der Waals surface area contributed by atoms with Gasteiger partial charge in [-0.2, -0.15) is 5.10 Å². The third-order valence-corrected chi connectivity index (χ3v) is 5.09. The molecule has 0 spiro atoms. The van der Waals surface area contributed by atoms with Crippen LogP contribution in [0.25, 0.3) is 5.69 Å². The third kappa shape index (κ3) is 3.79. The van der Waals surface area contributed by atoms with E-state index < -0.39 is 16.0 Å². The first-order chi connectivity index (χ1) is 11.0. The molecule has 124 valence electrons. The van der Waals surface area contributed by atoms with E-state index in [-0.39, 0.29) is 11.1 Å². The van der Waals surface area contributed by atoms with Crippen molar-refractivity contribution in [1.29, 1.82) is 0 Å². The summed E-state index contributed by atoms with van der Waals surface area (Å²) in [6, 6.07) is 3.63. The van der Waals surface area contributed by atoms with Crippen molar-refractivity contribution in [2.24, 2.45) is 0 Å². The van der Waals surface area contributed by atoms with E-state index >= 15 is 0 Å². The van der Waals surface area contributed by atoms with Crippen LogP contribution in [0.1, 0.15) is 20.3 Å². The first-order valence-corrected chi connectivity index (χ1v) is 9.28. The Balaban J connectivity index is 2.37. The highest BCUT2D eigenvalue weighted by atomic mass is 35.5. The highest BCUT2D eigenvalue weighted by molar-refractivity contribution is 7.85. The maximum atomic E-state index is 12.7. The molecule has 0 aliphatic rings. The van der Waals surface area contributed by atoms with Gasteiger partial charge in [0.15, 0.2) is 5.15 Å². The van der Waals surface area contributed by atoms with E-state index in [9.17, 15) is 9.00 Å². The van der Waals surface area contributed by atoms with Gasteiger partial charge in [-0.1, -0.05) is 18.5 Å². The molecule has 2 aromatic heterocycles. The maximum Gasteiger partial charge on any atom is 0.242 e. The van der Waals surface area contributed by atoms with Crippen molar-refractivity contribution < 1.29 is 9.00 Å². The number of carbonyl (C=O) groups excluding carboxylic acids is 1. The number of carbonyl (C=O) groups is 1. The molecule has 1 amide bonds. The lowest BCUT2D eigenvalue weighted by atomic mass is 10.2. The third-order valence-electron chi connectivity index (χ3n) is 3.48. The first-order valence-electron chi connectivity index (χ1n) is 7.28. The summed E-state index contributed by atoms with van der Waals surface area (Å²) in [7, 11) is -1.24. The van der Waals surface area contributed by atoms with Crippen molar-refractivity contribution in [3.8, 4) is 5.69 Å². The van der Waals surface area contributed by atoms with E-state index in [0.29, 0.717) is 18.7 Å². The van der Waals surface area contributed by atoms with Crippen LogP contribution < -0.4 is 4.90 Å². The van der Waals surface area contributed by atoms with Crippen LogP contribution in [0, 0.1) is 0 Å². The van der Waals surface area contributed by atoms with Gasteiger partial charge in [-0.25, -0.2) is 4.68 Å². The number of anilines is 1. The molecule has 0 saturated carbocycles. The smallest absolute Gasteiger partial charge is 0.242 e. The monoisotopic (exact) mass is 354 g/mol. The van der Waals surface area contributed by atoms with Gasteiger partial charge in [-0.15, -0.1) is 0 Å². The average Bonchev–Trinajstić information content (AvgIpc) is 2.91. The fourth-order valence-corrected chi connectivity index (χ4v) is 3.43. The summed E-state index contributed by atoms with van der Waals surface area (Å²) in [5.74, 6) is -0.205. The molecule has 2 unspecified atom stereocenters. The Morgan fingerprint density at radius 2 is 2.22 bits per heavy atom. The van der Waals surface area contributed by atoms with E-state index in [4.69, 9.17) is 11.6 Å². The zero-order valence-corrected chi connectivity index (χ0v) is 14.8. The molecule has 0 fully saturated rings. The SMILES string of the molecule is CCC(C(=O)N(CC)c1cn(-c2cccnc2)nc1Cl)S(C)=O. The maximum absolute atomic E-state index is 12.7. The number of pyridine rings is 1. The lowest BCUT2D eigenvalue weighted by molar-refractivity contribution is -0.118. The fourth-order valence-electron chi connectivity index (χ4n) is 2.32. The van der Waals surface area contributed by atoms with Crippen LogP contribution in [0.3, 0.4) is 0 Å². The summed E-state index contributed by atoms with van der Waals surface area (Å²) in [5, 5.41) is 3.91. The highest BCUT2D eigenvalue weighted by Gasteiger charge is 2.28. The second-order valence-electron chi connectivity index (χ2n) is 4.94. The fraction of sp³-hybridized carbons (Fsp3) is 0.400. The second kappa shape index (κ2) is 7.70. The standard InChI is InChI=1S/C15H19ClN4O2S/c1-4-13(23(3)22)15(21)19(5-2)12-10-20(18-14(12)16)11-7-6-8-17-9-11/h6-10,13H,4-5H2,1-3H3. The van der Waals surface area contributed by atoms with Gasteiger partial charge in [0.2, 0.25) is 5.91 Å². The van der Waals surface area contributed by atoms with Gasteiger partial charge >= 0.3 is 0 Å². The van der Waals surface area contributed by atoms with E-state index in [1.807, 2.05) is 19.9 Å². The molecule has 0 aromatic carbocycles. The van der Waals surface area contributed by atoms with E-state index in [1.165, 1.54) is 4.90 Å². The summed E-state index contributed by atoms with van der Waals surface area (Å²) < 4.78 is 13.4. The lowest BCUT2D eigenvalue weighted by Crippen LogP contribution is -2.40. The van der Waals surface area contributed by atoms with E-state index in [1.54, 1.807) is 35.6 Å². The van der Waals surface area contributed by atoms with Crippen LogP contribution in [0.15, 0.2) is 30.7 Å². The van der Waals surface area contributed by atoms with Gasteiger partial charge in [0.25, 0.3) is 0 Å². The minimum atomic E-state index is -1.24. The van der Waals surface area contributed by atoms with Crippen molar-refractivity contribution in [3.63, 3.8) is 0 Å². The Morgan fingerprint density at radius 3 is 2.74 bits per heavy atom. The Bertz CT molecular complexity index is 705. The molecule has 0 N–H and O–H groups in total. The number of halogens is 1. The van der Waals surface area contributed by atoms with Crippen molar-refractivity contribution in [2.75, 3.05) is 17.7 Å².